The van der Waals surface area contributed by atoms with Crippen LogP contribution in [0, 0.1) is 6.92 Å². The molecule has 2 heterocycles. The highest BCUT2D eigenvalue weighted by Crippen LogP contribution is 2.33. The number of fused-ring (bicyclic) bond motifs is 1. The fourth-order valence-electron chi connectivity index (χ4n) is 3.82. The number of ether oxygens (including phenoxy) is 1. The predicted octanol–water partition coefficient (Wildman–Crippen LogP) is 5.21. The molecular weight excluding hydrogens is 436 g/mol. The van der Waals surface area contributed by atoms with Crippen molar-refractivity contribution < 1.29 is 9.53 Å². The van der Waals surface area contributed by atoms with Crippen molar-refractivity contribution in [3.8, 4) is 17.0 Å². The van der Waals surface area contributed by atoms with Crippen LogP contribution >= 0.6 is 11.6 Å². The highest BCUT2D eigenvalue weighted by Gasteiger charge is 2.20. The van der Waals surface area contributed by atoms with E-state index in [1.807, 2.05) is 79.2 Å². The van der Waals surface area contributed by atoms with E-state index >= 15 is 0 Å². The molecule has 0 aliphatic rings. The molecule has 2 aromatic carbocycles. The molecule has 0 aliphatic heterocycles. The van der Waals surface area contributed by atoms with Crippen LogP contribution in [0.2, 0.25) is 5.02 Å². The Morgan fingerprint density at radius 3 is 2.58 bits per heavy atom. The molecule has 0 saturated carbocycles. The van der Waals surface area contributed by atoms with E-state index in [9.17, 15) is 4.79 Å². The molecular formula is C26H27ClN4O2. The number of nitrogens with one attached hydrogen (secondary N) is 1. The third kappa shape index (κ3) is 5.17. The van der Waals surface area contributed by atoms with Crippen LogP contribution in [0.25, 0.3) is 22.2 Å². The number of hydrogen-bond donors (Lipinski definition) is 1. The summed E-state index contributed by atoms with van der Waals surface area (Å²) in [5.41, 5.74) is 4.81. The lowest BCUT2D eigenvalue weighted by atomic mass is 10.0. The summed E-state index contributed by atoms with van der Waals surface area (Å²) in [7, 11) is 0. The molecule has 1 atom stereocenters. The molecule has 0 spiro atoms. The van der Waals surface area contributed by atoms with Gasteiger partial charge < -0.3 is 10.1 Å². The van der Waals surface area contributed by atoms with Crippen LogP contribution in [0.3, 0.4) is 0 Å². The molecule has 1 amide bonds. The number of benzene rings is 2. The van der Waals surface area contributed by atoms with Gasteiger partial charge in [0.1, 0.15) is 0 Å². The van der Waals surface area contributed by atoms with Crippen molar-refractivity contribution in [2.45, 2.75) is 39.8 Å². The van der Waals surface area contributed by atoms with Gasteiger partial charge in [-0.05, 0) is 56.0 Å². The highest BCUT2D eigenvalue weighted by atomic mass is 35.5. The molecule has 0 aliphatic carbocycles. The second-order valence-electron chi connectivity index (χ2n) is 7.90. The topological polar surface area (TPSA) is 69.0 Å². The average Bonchev–Trinajstić information content (AvgIpc) is 3.15. The van der Waals surface area contributed by atoms with Gasteiger partial charge in [0, 0.05) is 24.2 Å². The zero-order valence-electron chi connectivity index (χ0n) is 19.0. The summed E-state index contributed by atoms with van der Waals surface area (Å²) in [6, 6.07) is 19.6. The first-order valence-corrected chi connectivity index (χ1v) is 11.5. The van der Waals surface area contributed by atoms with Crippen LogP contribution in [-0.2, 0) is 17.8 Å². The maximum atomic E-state index is 12.6. The Bertz CT molecular complexity index is 1250. The molecule has 7 heteroatoms. The Hall–Kier alpha value is -3.38. The number of aromatic nitrogens is 3. The van der Waals surface area contributed by atoms with Gasteiger partial charge in [-0.25, -0.2) is 4.68 Å². The van der Waals surface area contributed by atoms with Crippen molar-refractivity contribution in [3.05, 3.63) is 76.9 Å². The first kappa shape index (κ1) is 22.8. The maximum Gasteiger partial charge on any atom is 0.260 e. The molecule has 4 rings (SSSR count). The molecule has 0 fully saturated rings. The molecule has 4 aromatic rings. The molecule has 1 unspecified atom stereocenters. The third-order valence-corrected chi connectivity index (χ3v) is 5.78. The zero-order valence-corrected chi connectivity index (χ0v) is 19.8. The lowest BCUT2D eigenvalue weighted by molar-refractivity contribution is -0.127. The summed E-state index contributed by atoms with van der Waals surface area (Å²) in [5.74, 6) is 0.212. The molecule has 1 N–H and O–H groups in total. The molecule has 0 saturated heterocycles. The van der Waals surface area contributed by atoms with Crippen molar-refractivity contribution in [3.63, 3.8) is 0 Å². The Labute approximate surface area is 198 Å². The van der Waals surface area contributed by atoms with E-state index in [1.165, 1.54) is 0 Å². The van der Waals surface area contributed by atoms with Crippen LogP contribution in [0.5, 0.6) is 5.88 Å². The fourth-order valence-corrected chi connectivity index (χ4v) is 3.94. The second kappa shape index (κ2) is 10.0. The quantitative estimate of drug-likeness (QED) is 0.390. The molecule has 170 valence electrons. The lowest BCUT2D eigenvalue weighted by Crippen LogP contribution is -2.37. The molecule has 6 nitrogen and oxygen atoms in total. The molecule has 2 aromatic heterocycles. The van der Waals surface area contributed by atoms with E-state index in [1.54, 1.807) is 6.92 Å². The van der Waals surface area contributed by atoms with Gasteiger partial charge in [0.05, 0.1) is 11.1 Å². The average molecular weight is 463 g/mol. The summed E-state index contributed by atoms with van der Waals surface area (Å²) in [6.45, 7) is 6.95. The monoisotopic (exact) mass is 462 g/mol. The van der Waals surface area contributed by atoms with E-state index in [2.05, 4.69) is 10.4 Å². The number of hydrogen-bond acceptors (Lipinski definition) is 4. The van der Waals surface area contributed by atoms with E-state index in [-0.39, 0.29) is 5.91 Å². The highest BCUT2D eigenvalue weighted by molar-refractivity contribution is 6.30. The number of carbonyl (C=O) groups excluding carboxylic acids is 1. The smallest absolute Gasteiger partial charge is 0.260 e. The first-order valence-electron chi connectivity index (χ1n) is 11.1. The first-order chi connectivity index (χ1) is 16.0. The minimum Gasteiger partial charge on any atom is -0.464 e. The fraction of sp³-hybridized carbons (Fsp3) is 0.269. The van der Waals surface area contributed by atoms with Gasteiger partial charge >= 0.3 is 0 Å². The van der Waals surface area contributed by atoms with Crippen LogP contribution in [-0.4, -0.2) is 33.3 Å². The maximum absolute atomic E-state index is 12.6. The van der Waals surface area contributed by atoms with Crippen molar-refractivity contribution in [2.24, 2.45) is 0 Å². The van der Waals surface area contributed by atoms with Gasteiger partial charge in [0.2, 0.25) is 5.88 Å². The van der Waals surface area contributed by atoms with Crippen LogP contribution in [0.1, 0.15) is 25.1 Å². The molecule has 0 bridgehead atoms. The number of amides is 1. The van der Waals surface area contributed by atoms with Gasteiger partial charge in [-0.2, -0.15) is 10.1 Å². The van der Waals surface area contributed by atoms with Crippen molar-refractivity contribution >= 4 is 28.5 Å². The van der Waals surface area contributed by atoms with Crippen molar-refractivity contribution in [1.29, 1.82) is 0 Å². The van der Waals surface area contributed by atoms with E-state index in [4.69, 9.17) is 21.3 Å². The third-order valence-electron chi connectivity index (χ3n) is 5.53. The number of aryl methyl sites for hydroxylation is 2. The van der Waals surface area contributed by atoms with E-state index < -0.39 is 6.10 Å². The largest absolute Gasteiger partial charge is 0.464 e. The number of rotatable bonds is 8. The van der Waals surface area contributed by atoms with E-state index in [0.29, 0.717) is 30.4 Å². The second-order valence-corrected chi connectivity index (χ2v) is 8.34. The van der Waals surface area contributed by atoms with Crippen molar-refractivity contribution in [2.75, 3.05) is 6.54 Å². The summed E-state index contributed by atoms with van der Waals surface area (Å²) < 4.78 is 7.85. The zero-order chi connectivity index (χ0) is 23.4. The standard InChI is InChI=1S/C26H27ClN4O2/c1-4-31-25-24(17(2)30-31)22(20-8-6-5-7-9-20)16-23(29-25)33-18(3)26(32)28-15-14-19-10-12-21(27)13-11-19/h5-13,16,18H,4,14-15H2,1-3H3,(H,28,32). The number of pyridine rings is 1. The normalized spacial score (nSPS) is 12.0. The summed E-state index contributed by atoms with van der Waals surface area (Å²) in [6.07, 6.45) is 0.0235. The van der Waals surface area contributed by atoms with Gasteiger partial charge in [0.15, 0.2) is 11.8 Å². The van der Waals surface area contributed by atoms with Crippen molar-refractivity contribution in [1.82, 2.24) is 20.1 Å². The number of halogens is 1. The Balaban J connectivity index is 1.52. The van der Waals surface area contributed by atoms with Crippen LogP contribution < -0.4 is 10.1 Å². The molecule has 0 radical (unpaired) electrons. The minimum atomic E-state index is -0.692. The summed E-state index contributed by atoms with van der Waals surface area (Å²) in [5, 5.41) is 9.26. The van der Waals surface area contributed by atoms with Gasteiger partial charge in [0.25, 0.3) is 5.91 Å². The Kier molecular flexibility index (Phi) is 6.94. The number of nitrogens with zero attached hydrogens (tertiary/aromatic N) is 3. The SMILES string of the molecule is CCn1nc(C)c2c(-c3ccccc3)cc(OC(C)C(=O)NCCc3ccc(Cl)cc3)nc21. The Morgan fingerprint density at radius 1 is 1.15 bits per heavy atom. The van der Waals surface area contributed by atoms with Gasteiger partial charge in [-0.3, -0.25) is 4.79 Å². The summed E-state index contributed by atoms with van der Waals surface area (Å²) >= 11 is 5.92. The number of carbonyl (C=O) groups is 1. The predicted molar refractivity (Wildman–Crippen MR) is 132 cm³/mol. The minimum absolute atomic E-state index is 0.188. The van der Waals surface area contributed by atoms with Gasteiger partial charge in [-0.1, -0.05) is 54.1 Å². The van der Waals surface area contributed by atoms with Gasteiger partial charge in [-0.15, -0.1) is 0 Å². The van der Waals surface area contributed by atoms with Crippen LogP contribution in [0.4, 0.5) is 0 Å². The summed E-state index contributed by atoms with van der Waals surface area (Å²) in [4.78, 5) is 17.3. The van der Waals surface area contributed by atoms with E-state index in [0.717, 1.165) is 33.4 Å². The Morgan fingerprint density at radius 2 is 1.88 bits per heavy atom. The van der Waals surface area contributed by atoms with Crippen LogP contribution in [0.15, 0.2) is 60.7 Å². The lowest BCUT2D eigenvalue weighted by Gasteiger charge is -2.15. The molecule has 33 heavy (non-hydrogen) atoms.